The monoisotopic (exact) mass is 384 g/mol. The topological polar surface area (TPSA) is 81.9 Å². The van der Waals surface area contributed by atoms with Gasteiger partial charge in [0.15, 0.2) is 0 Å². The van der Waals surface area contributed by atoms with Crippen LogP contribution in [0.15, 0.2) is 48.5 Å². The summed E-state index contributed by atoms with van der Waals surface area (Å²) < 4.78 is 11.2. The molecule has 148 valence electrons. The van der Waals surface area contributed by atoms with Gasteiger partial charge >= 0.3 is 5.97 Å². The number of ether oxygens (including phenoxy) is 2. The lowest BCUT2D eigenvalue weighted by Crippen LogP contribution is -2.41. The Bertz CT molecular complexity index is 840. The highest BCUT2D eigenvalue weighted by Gasteiger charge is 2.30. The maximum absolute atomic E-state index is 12.0. The van der Waals surface area contributed by atoms with Crippen molar-refractivity contribution in [3.8, 4) is 5.75 Å². The molecule has 2 aromatic carbocycles. The van der Waals surface area contributed by atoms with Crippen molar-refractivity contribution in [2.75, 3.05) is 18.1 Å². The quantitative estimate of drug-likeness (QED) is 0.408. The Kier molecular flexibility index (Phi) is 6.13. The Morgan fingerprint density at radius 1 is 1.32 bits per heavy atom. The lowest BCUT2D eigenvalue weighted by Gasteiger charge is -2.37. The maximum Gasteiger partial charge on any atom is 0.308 e. The molecular weight excluding hydrogens is 360 g/mol. The number of hydrogen-bond donors (Lipinski definition) is 0. The van der Waals surface area contributed by atoms with Gasteiger partial charge in [0, 0.05) is 18.7 Å². The highest BCUT2D eigenvalue weighted by Crippen LogP contribution is 2.38. The summed E-state index contributed by atoms with van der Waals surface area (Å²) >= 11 is 0. The summed E-state index contributed by atoms with van der Waals surface area (Å²) in [6.45, 7) is 5.09. The molecule has 1 unspecified atom stereocenters. The molecular formula is C21H24N2O5. The van der Waals surface area contributed by atoms with Crippen LogP contribution in [-0.2, 0) is 16.1 Å². The van der Waals surface area contributed by atoms with Crippen LogP contribution in [0.3, 0.4) is 0 Å². The predicted molar refractivity (Wildman–Crippen MR) is 105 cm³/mol. The number of benzene rings is 2. The van der Waals surface area contributed by atoms with Gasteiger partial charge in [0.05, 0.1) is 29.7 Å². The van der Waals surface area contributed by atoms with E-state index in [0.717, 1.165) is 5.56 Å². The van der Waals surface area contributed by atoms with Crippen molar-refractivity contribution in [3.05, 3.63) is 64.2 Å². The summed E-state index contributed by atoms with van der Waals surface area (Å²) in [4.78, 5) is 24.8. The minimum absolute atomic E-state index is 0.0266. The van der Waals surface area contributed by atoms with E-state index in [0.29, 0.717) is 37.6 Å². The van der Waals surface area contributed by atoms with E-state index >= 15 is 0 Å². The SMILES string of the molecule is CCOC(=O)C(C)C[C@H]1CN(Cc2ccccc2)c2cc([N+](=O)[O-])ccc2O1. The average molecular weight is 384 g/mol. The van der Waals surface area contributed by atoms with Gasteiger partial charge in [0.1, 0.15) is 11.9 Å². The van der Waals surface area contributed by atoms with Crippen molar-refractivity contribution in [3.63, 3.8) is 0 Å². The second-order valence-corrected chi connectivity index (χ2v) is 6.90. The molecule has 0 saturated carbocycles. The molecule has 0 saturated heterocycles. The van der Waals surface area contributed by atoms with Crippen LogP contribution in [0.25, 0.3) is 0 Å². The Morgan fingerprint density at radius 3 is 2.75 bits per heavy atom. The summed E-state index contributed by atoms with van der Waals surface area (Å²) in [5, 5.41) is 11.2. The van der Waals surface area contributed by atoms with Gasteiger partial charge in [-0.3, -0.25) is 14.9 Å². The molecule has 28 heavy (non-hydrogen) atoms. The molecule has 0 radical (unpaired) electrons. The molecule has 7 nitrogen and oxygen atoms in total. The van der Waals surface area contributed by atoms with Gasteiger partial charge in [0.2, 0.25) is 0 Å². The first-order valence-electron chi connectivity index (χ1n) is 9.38. The number of nitro benzene ring substituents is 1. The number of fused-ring (bicyclic) bond motifs is 1. The van der Waals surface area contributed by atoms with Crippen molar-refractivity contribution in [1.29, 1.82) is 0 Å². The third kappa shape index (κ3) is 4.60. The van der Waals surface area contributed by atoms with Crippen LogP contribution >= 0.6 is 0 Å². The zero-order chi connectivity index (χ0) is 20.1. The first-order valence-corrected chi connectivity index (χ1v) is 9.38. The highest BCUT2D eigenvalue weighted by atomic mass is 16.6. The number of hydrogen-bond acceptors (Lipinski definition) is 6. The van der Waals surface area contributed by atoms with Crippen molar-refractivity contribution < 1.29 is 19.2 Å². The van der Waals surface area contributed by atoms with Crippen molar-refractivity contribution in [2.45, 2.75) is 32.9 Å². The maximum atomic E-state index is 12.0. The van der Waals surface area contributed by atoms with Gasteiger partial charge in [-0.2, -0.15) is 0 Å². The molecule has 3 rings (SSSR count). The molecule has 0 spiro atoms. The van der Waals surface area contributed by atoms with Crippen molar-refractivity contribution in [1.82, 2.24) is 0 Å². The summed E-state index contributed by atoms with van der Waals surface area (Å²) in [7, 11) is 0. The highest BCUT2D eigenvalue weighted by molar-refractivity contribution is 5.72. The van der Waals surface area contributed by atoms with E-state index in [1.165, 1.54) is 6.07 Å². The fourth-order valence-corrected chi connectivity index (χ4v) is 3.38. The standard InChI is InChI=1S/C21H24N2O5/c1-3-27-21(24)15(2)11-18-14-22(13-16-7-5-4-6-8-16)19-12-17(23(25)26)9-10-20(19)28-18/h4-10,12,15,18H,3,11,13-14H2,1-2H3/t15?,18-/m0/s1. The molecule has 1 heterocycles. The Hall–Kier alpha value is -3.09. The van der Waals surface area contributed by atoms with Crippen LogP contribution in [0.1, 0.15) is 25.8 Å². The first kappa shape index (κ1) is 19.7. The van der Waals surface area contributed by atoms with Gasteiger partial charge in [-0.15, -0.1) is 0 Å². The summed E-state index contributed by atoms with van der Waals surface area (Å²) in [5.74, 6) is 0.0622. The van der Waals surface area contributed by atoms with Gasteiger partial charge in [0.25, 0.3) is 5.69 Å². The van der Waals surface area contributed by atoms with E-state index in [-0.39, 0.29) is 23.7 Å². The van der Waals surface area contributed by atoms with Gasteiger partial charge < -0.3 is 14.4 Å². The lowest BCUT2D eigenvalue weighted by molar-refractivity contribution is -0.384. The predicted octanol–water partition coefficient (Wildman–Crippen LogP) is 3.95. The molecule has 2 aromatic rings. The van der Waals surface area contributed by atoms with Crippen LogP contribution in [0.4, 0.5) is 11.4 Å². The second-order valence-electron chi connectivity index (χ2n) is 6.90. The van der Waals surface area contributed by atoms with E-state index in [1.54, 1.807) is 19.1 Å². The smallest absolute Gasteiger partial charge is 0.308 e. The molecule has 0 aliphatic carbocycles. The minimum Gasteiger partial charge on any atom is -0.486 e. The number of non-ortho nitro benzene ring substituents is 1. The number of nitro groups is 1. The van der Waals surface area contributed by atoms with Crippen molar-refractivity contribution in [2.24, 2.45) is 5.92 Å². The Morgan fingerprint density at radius 2 is 2.07 bits per heavy atom. The number of carbonyl (C=O) groups is 1. The second kappa shape index (κ2) is 8.73. The van der Waals surface area contributed by atoms with Gasteiger partial charge in [-0.05, 0) is 25.0 Å². The van der Waals surface area contributed by atoms with Crippen molar-refractivity contribution >= 4 is 17.3 Å². The molecule has 0 amide bonds. The van der Waals surface area contributed by atoms with Crippen LogP contribution in [0.2, 0.25) is 0 Å². The number of rotatable bonds is 7. The van der Waals surface area contributed by atoms with E-state index in [9.17, 15) is 14.9 Å². The normalized spacial score (nSPS) is 16.6. The van der Waals surface area contributed by atoms with E-state index in [4.69, 9.17) is 9.47 Å². The largest absolute Gasteiger partial charge is 0.486 e. The van der Waals surface area contributed by atoms with Crippen LogP contribution in [0, 0.1) is 16.0 Å². The molecule has 0 bridgehead atoms. The summed E-state index contributed by atoms with van der Waals surface area (Å²) in [5.41, 5.74) is 1.82. The number of esters is 1. The minimum atomic E-state index is -0.407. The molecule has 0 aromatic heterocycles. The van der Waals surface area contributed by atoms with Crippen LogP contribution in [0.5, 0.6) is 5.75 Å². The Labute approximate surface area is 164 Å². The first-order chi connectivity index (χ1) is 13.5. The zero-order valence-electron chi connectivity index (χ0n) is 16.0. The fourth-order valence-electron chi connectivity index (χ4n) is 3.38. The third-order valence-electron chi connectivity index (χ3n) is 4.73. The molecule has 1 aliphatic rings. The molecule has 0 fully saturated rings. The molecule has 7 heteroatoms. The van der Waals surface area contributed by atoms with Crippen LogP contribution in [-0.4, -0.2) is 30.1 Å². The lowest BCUT2D eigenvalue weighted by atomic mass is 10.0. The third-order valence-corrected chi connectivity index (χ3v) is 4.73. The number of carbonyl (C=O) groups excluding carboxylic acids is 1. The van der Waals surface area contributed by atoms with E-state index in [2.05, 4.69) is 4.90 Å². The summed E-state index contributed by atoms with van der Waals surface area (Å²) in [6, 6.07) is 14.5. The number of anilines is 1. The summed E-state index contributed by atoms with van der Waals surface area (Å²) in [6.07, 6.45) is 0.303. The van der Waals surface area contributed by atoms with Crippen LogP contribution < -0.4 is 9.64 Å². The zero-order valence-corrected chi connectivity index (χ0v) is 16.0. The van der Waals surface area contributed by atoms with Gasteiger partial charge in [-0.1, -0.05) is 37.3 Å². The van der Waals surface area contributed by atoms with E-state index < -0.39 is 4.92 Å². The molecule has 1 aliphatic heterocycles. The Balaban J connectivity index is 1.84. The fraction of sp³-hybridized carbons (Fsp3) is 0.381. The van der Waals surface area contributed by atoms with Gasteiger partial charge in [-0.25, -0.2) is 0 Å². The molecule has 0 N–H and O–H groups in total. The molecule has 2 atom stereocenters. The number of nitrogens with zero attached hydrogens (tertiary/aromatic N) is 2. The average Bonchev–Trinajstić information content (AvgIpc) is 2.68. The van der Waals surface area contributed by atoms with E-state index in [1.807, 2.05) is 37.3 Å².